The zero-order valence-electron chi connectivity index (χ0n) is 12.6. The summed E-state index contributed by atoms with van der Waals surface area (Å²) >= 11 is 0. The van der Waals surface area contributed by atoms with Gasteiger partial charge in [-0.25, -0.2) is 4.52 Å². The fourth-order valence-electron chi connectivity index (χ4n) is 3.40. The molecule has 0 aliphatic carbocycles. The van der Waals surface area contributed by atoms with Gasteiger partial charge < -0.3 is 10.5 Å². The Morgan fingerprint density at radius 2 is 2.19 bits per heavy atom. The molecule has 2 N–H and O–H groups in total. The summed E-state index contributed by atoms with van der Waals surface area (Å²) < 4.78 is 7.94. The fraction of sp³-hybridized carbons (Fsp3) is 0.500. The van der Waals surface area contributed by atoms with Gasteiger partial charge in [-0.3, -0.25) is 0 Å². The maximum absolute atomic E-state index is 9.87. The van der Waals surface area contributed by atoms with Gasteiger partial charge in [-0.2, -0.15) is 10.4 Å². The number of rotatable bonds is 2. The smallest absolute Gasteiger partial charge is 0.199 e. The first kappa shape index (κ1) is 13.9. The number of nitrogens with two attached hydrogens (primary N) is 1. The average molecular weight is 284 g/mol. The molecule has 2 aromatic rings. The molecule has 110 valence electrons. The summed E-state index contributed by atoms with van der Waals surface area (Å²) in [7, 11) is 0. The molecule has 1 aliphatic rings. The number of nitriles is 1. The Kier molecular flexibility index (Phi) is 3.14. The lowest BCUT2D eigenvalue weighted by atomic mass is 9.80. The van der Waals surface area contributed by atoms with Crippen LogP contribution < -0.4 is 5.73 Å². The Bertz CT molecular complexity index is 717. The predicted octanol–water partition coefficient (Wildman–Crippen LogP) is 2.72. The van der Waals surface area contributed by atoms with Crippen molar-refractivity contribution in [1.82, 2.24) is 9.61 Å². The highest BCUT2D eigenvalue weighted by molar-refractivity contribution is 5.69. The monoisotopic (exact) mass is 284 g/mol. The van der Waals surface area contributed by atoms with Gasteiger partial charge in [0, 0.05) is 12.1 Å². The minimum Gasteiger partial charge on any atom is -0.397 e. The van der Waals surface area contributed by atoms with Gasteiger partial charge in [0.25, 0.3) is 0 Å². The molecule has 4 atom stereocenters. The summed E-state index contributed by atoms with van der Waals surface area (Å²) in [4.78, 5) is 0. The van der Waals surface area contributed by atoms with Crippen LogP contribution in [-0.4, -0.2) is 15.7 Å². The molecule has 0 aromatic carbocycles. The highest BCUT2D eigenvalue weighted by Crippen LogP contribution is 2.48. The van der Waals surface area contributed by atoms with E-state index in [1.54, 1.807) is 16.8 Å². The second-order valence-electron chi connectivity index (χ2n) is 5.86. The number of anilines is 1. The fourth-order valence-corrected chi connectivity index (χ4v) is 3.40. The quantitative estimate of drug-likeness (QED) is 0.920. The minimum absolute atomic E-state index is 0.0891. The predicted molar refractivity (Wildman–Crippen MR) is 80.4 cm³/mol. The van der Waals surface area contributed by atoms with Crippen LogP contribution in [0.4, 0.5) is 5.69 Å². The van der Waals surface area contributed by atoms with Crippen molar-refractivity contribution in [2.24, 2.45) is 11.8 Å². The molecular weight excluding hydrogens is 264 g/mol. The molecule has 21 heavy (non-hydrogen) atoms. The molecule has 0 spiro atoms. The maximum Gasteiger partial charge on any atom is 0.199 e. The van der Waals surface area contributed by atoms with E-state index >= 15 is 0 Å². The van der Waals surface area contributed by atoms with E-state index in [1.807, 2.05) is 12.1 Å². The molecule has 1 saturated heterocycles. The first-order valence-corrected chi connectivity index (χ1v) is 7.37. The summed E-state index contributed by atoms with van der Waals surface area (Å²) in [6.07, 6.45) is 2.64. The second-order valence-corrected chi connectivity index (χ2v) is 5.86. The lowest BCUT2D eigenvalue weighted by molar-refractivity contribution is -0.0261. The van der Waals surface area contributed by atoms with Gasteiger partial charge in [-0.05, 0) is 30.5 Å². The van der Waals surface area contributed by atoms with Crippen molar-refractivity contribution in [2.45, 2.75) is 38.9 Å². The van der Waals surface area contributed by atoms with Gasteiger partial charge in [-0.15, -0.1) is 0 Å². The Labute approximate surface area is 124 Å². The van der Waals surface area contributed by atoms with Crippen LogP contribution in [0, 0.1) is 23.2 Å². The third-order valence-electron chi connectivity index (χ3n) is 4.89. The summed E-state index contributed by atoms with van der Waals surface area (Å²) in [5.41, 5.74) is 7.24. The van der Waals surface area contributed by atoms with Crippen molar-refractivity contribution in [3.8, 4) is 6.07 Å². The number of ether oxygens (including phenoxy) is 1. The van der Waals surface area contributed by atoms with E-state index in [4.69, 9.17) is 10.5 Å². The van der Waals surface area contributed by atoms with Crippen molar-refractivity contribution in [2.75, 3.05) is 5.73 Å². The van der Waals surface area contributed by atoms with E-state index in [9.17, 15) is 5.26 Å². The maximum atomic E-state index is 9.87. The van der Waals surface area contributed by atoms with E-state index in [-0.39, 0.29) is 12.0 Å². The molecule has 0 saturated carbocycles. The topological polar surface area (TPSA) is 76.3 Å². The van der Waals surface area contributed by atoms with Crippen molar-refractivity contribution in [3.05, 3.63) is 30.1 Å². The third kappa shape index (κ3) is 1.76. The van der Waals surface area contributed by atoms with Crippen LogP contribution in [0.15, 0.2) is 24.4 Å². The Balaban J connectivity index is 2.20. The molecular formula is C16H20N4O. The molecule has 0 amide bonds. The molecule has 2 aromatic heterocycles. The highest BCUT2D eigenvalue weighted by atomic mass is 16.5. The first-order valence-electron chi connectivity index (χ1n) is 7.37. The summed E-state index contributed by atoms with van der Waals surface area (Å²) in [5.74, 6) is 0.412. The molecule has 1 fully saturated rings. The van der Waals surface area contributed by atoms with Crippen molar-refractivity contribution in [3.63, 3.8) is 0 Å². The normalized spacial score (nSPS) is 32.4. The van der Waals surface area contributed by atoms with Gasteiger partial charge >= 0.3 is 0 Å². The Morgan fingerprint density at radius 1 is 1.43 bits per heavy atom. The van der Waals surface area contributed by atoms with Crippen LogP contribution in [0.2, 0.25) is 0 Å². The van der Waals surface area contributed by atoms with Crippen LogP contribution in [0.3, 0.4) is 0 Å². The minimum atomic E-state index is -0.965. The number of aromatic nitrogens is 2. The van der Waals surface area contributed by atoms with E-state index in [2.05, 4.69) is 31.9 Å². The van der Waals surface area contributed by atoms with E-state index in [0.717, 1.165) is 17.6 Å². The summed E-state index contributed by atoms with van der Waals surface area (Å²) in [6.45, 7) is 6.32. The Hall–Kier alpha value is -2.06. The van der Waals surface area contributed by atoms with Gasteiger partial charge in [-0.1, -0.05) is 20.8 Å². The molecule has 3 heterocycles. The molecule has 1 aliphatic heterocycles. The van der Waals surface area contributed by atoms with Crippen LogP contribution in [0.1, 0.15) is 32.9 Å². The van der Waals surface area contributed by atoms with Gasteiger partial charge in [0.1, 0.15) is 6.07 Å². The van der Waals surface area contributed by atoms with E-state index in [0.29, 0.717) is 11.6 Å². The van der Waals surface area contributed by atoms with E-state index in [1.165, 1.54) is 0 Å². The van der Waals surface area contributed by atoms with Crippen LogP contribution in [0.5, 0.6) is 0 Å². The number of hydrogen-bond donors (Lipinski definition) is 1. The van der Waals surface area contributed by atoms with Crippen LogP contribution in [-0.2, 0) is 10.3 Å². The molecule has 0 bridgehead atoms. The average Bonchev–Trinajstić information content (AvgIpc) is 3.03. The molecule has 0 radical (unpaired) electrons. The van der Waals surface area contributed by atoms with Crippen molar-refractivity contribution >= 4 is 11.2 Å². The van der Waals surface area contributed by atoms with Gasteiger partial charge in [0.2, 0.25) is 0 Å². The zero-order chi connectivity index (χ0) is 15.2. The molecule has 0 unspecified atom stereocenters. The number of hydrogen-bond acceptors (Lipinski definition) is 4. The largest absolute Gasteiger partial charge is 0.397 e. The summed E-state index contributed by atoms with van der Waals surface area (Å²) in [5, 5.41) is 14.2. The zero-order valence-corrected chi connectivity index (χ0v) is 12.6. The second kappa shape index (κ2) is 4.74. The van der Waals surface area contributed by atoms with Crippen molar-refractivity contribution in [1.29, 1.82) is 5.26 Å². The van der Waals surface area contributed by atoms with E-state index < -0.39 is 5.60 Å². The van der Waals surface area contributed by atoms with Crippen molar-refractivity contribution < 1.29 is 4.74 Å². The number of nitrogen functional groups attached to an aromatic ring is 1. The van der Waals surface area contributed by atoms with Gasteiger partial charge in [0.05, 0.1) is 23.0 Å². The Morgan fingerprint density at radius 3 is 2.81 bits per heavy atom. The SMILES string of the molecule is CC[C@H]1O[C@@](C#N)(c2ccc3c(N)ccnn23)[C@H](C)[C@@H]1C. The van der Waals surface area contributed by atoms with Gasteiger partial charge in [0.15, 0.2) is 5.60 Å². The van der Waals surface area contributed by atoms with Crippen LogP contribution in [0.25, 0.3) is 5.52 Å². The number of nitrogens with zero attached hydrogens (tertiary/aromatic N) is 3. The third-order valence-corrected chi connectivity index (χ3v) is 4.89. The summed E-state index contributed by atoms with van der Waals surface area (Å²) in [6, 6.07) is 7.98. The highest BCUT2D eigenvalue weighted by Gasteiger charge is 2.53. The standard InChI is InChI=1S/C16H20N4O/c1-4-14-10(2)11(3)16(9-17,21-14)15-6-5-13-12(18)7-8-19-20(13)15/h5-8,10-11,14H,4,18H2,1-3H3/t10-,11+,14+,16+/m0/s1. The first-order chi connectivity index (χ1) is 10.0. The molecule has 5 nitrogen and oxygen atoms in total. The lowest BCUT2D eigenvalue weighted by Crippen LogP contribution is -2.32. The van der Waals surface area contributed by atoms with Crippen LogP contribution >= 0.6 is 0 Å². The lowest BCUT2D eigenvalue weighted by Gasteiger charge is -2.25. The number of fused-ring (bicyclic) bond motifs is 1. The molecule has 5 heteroatoms. The molecule has 3 rings (SSSR count).